The topological polar surface area (TPSA) is 116 Å². The molecule has 0 aromatic heterocycles. The predicted octanol–water partition coefficient (Wildman–Crippen LogP) is 1.73. The molecule has 0 heterocycles. The van der Waals surface area contributed by atoms with Gasteiger partial charge in [-0.25, -0.2) is 0 Å². The van der Waals surface area contributed by atoms with E-state index in [1.54, 1.807) is 6.07 Å². The highest BCUT2D eigenvalue weighted by Crippen LogP contribution is 2.27. The van der Waals surface area contributed by atoms with E-state index in [-0.39, 0.29) is 11.1 Å². The van der Waals surface area contributed by atoms with Crippen molar-refractivity contribution in [3.63, 3.8) is 0 Å². The Morgan fingerprint density at radius 2 is 2.30 bits per heavy atom. The molecule has 0 atom stereocenters. The number of carbonyl (C=O) groups is 1. The van der Waals surface area contributed by atoms with Gasteiger partial charge in [0.1, 0.15) is 11.6 Å². The average Bonchev–Trinajstić information content (AvgIpc) is 2.43. The van der Waals surface area contributed by atoms with Gasteiger partial charge in [-0.3, -0.25) is 14.9 Å². The van der Waals surface area contributed by atoms with Crippen molar-refractivity contribution in [3.05, 3.63) is 39.4 Å². The quantitative estimate of drug-likeness (QED) is 0.367. The van der Waals surface area contributed by atoms with Gasteiger partial charge in [0.05, 0.1) is 4.92 Å². The first-order valence-corrected chi connectivity index (χ1v) is 5.87. The number of hydrogen-bond donors (Lipinski definition) is 2. The Bertz CT molecular complexity index is 602. The number of nitro groups is 1. The molecule has 7 heteroatoms. The maximum Gasteiger partial charge on any atom is 0.311 e. The first-order chi connectivity index (χ1) is 9.49. The number of benzene rings is 1. The summed E-state index contributed by atoms with van der Waals surface area (Å²) in [6.07, 6.45) is 1.96. The molecule has 0 aliphatic heterocycles. The van der Waals surface area contributed by atoms with Crippen molar-refractivity contribution in [1.29, 1.82) is 5.26 Å². The second kappa shape index (κ2) is 6.89. The Labute approximate surface area is 115 Å². The smallest absolute Gasteiger partial charge is 0.311 e. The summed E-state index contributed by atoms with van der Waals surface area (Å²) in [5, 5.41) is 31.5. The molecule has 7 nitrogen and oxygen atoms in total. The minimum absolute atomic E-state index is 0.154. The number of amides is 1. The van der Waals surface area contributed by atoms with Crippen LogP contribution in [-0.4, -0.2) is 22.5 Å². The third-order valence-electron chi connectivity index (χ3n) is 2.41. The van der Waals surface area contributed by atoms with Gasteiger partial charge in [0, 0.05) is 12.6 Å². The Kier molecular flexibility index (Phi) is 5.23. The average molecular weight is 275 g/mol. The highest BCUT2D eigenvalue weighted by molar-refractivity contribution is 6.01. The van der Waals surface area contributed by atoms with Gasteiger partial charge in [-0.05, 0) is 24.1 Å². The third kappa shape index (κ3) is 3.81. The Morgan fingerprint density at radius 1 is 1.60 bits per heavy atom. The highest BCUT2D eigenvalue weighted by Gasteiger charge is 2.14. The molecule has 0 saturated heterocycles. The second-order valence-corrected chi connectivity index (χ2v) is 3.93. The van der Waals surface area contributed by atoms with Crippen molar-refractivity contribution in [2.75, 3.05) is 6.54 Å². The molecule has 1 rings (SSSR count). The summed E-state index contributed by atoms with van der Waals surface area (Å²) < 4.78 is 0. The van der Waals surface area contributed by atoms with Crippen LogP contribution in [0.1, 0.15) is 18.9 Å². The van der Waals surface area contributed by atoms with Crippen LogP contribution in [0.4, 0.5) is 5.69 Å². The normalized spacial score (nSPS) is 10.7. The van der Waals surface area contributed by atoms with Crippen LogP contribution < -0.4 is 5.32 Å². The highest BCUT2D eigenvalue weighted by atomic mass is 16.6. The third-order valence-corrected chi connectivity index (χ3v) is 2.41. The van der Waals surface area contributed by atoms with Crippen LogP contribution >= 0.6 is 0 Å². The van der Waals surface area contributed by atoms with E-state index in [0.717, 1.165) is 18.6 Å². The van der Waals surface area contributed by atoms with Crippen molar-refractivity contribution in [1.82, 2.24) is 5.32 Å². The lowest BCUT2D eigenvalue weighted by atomic mass is 10.1. The fourth-order valence-corrected chi connectivity index (χ4v) is 1.43. The summed E-state index contributed by atoms with van der Waals surface area (Å²) in [6.45, 7) is 2.31. The molecule has 0 fully saturated rings. The van der Waals surface area contributed by atoms with Crippen LogP contribution in [0, 0.1) is 21.4 Å². The van der Waals surface area contributed by atoms with E-state index >= 15 is 0 Å². The molecule has 2 N–H and O–H groups in total. The standard InChI is InChI=1S/C13H13N3O4/c1-2-5-15-13(18)10(8-14)6-9-3-4-12(17)11(7-9)16(19)20/h3-4,6-7,17H,2,5H2,1H3,(H,15,18)/b10-6-. The van der Waals surface area contributed by atoms with Crippen LogP contribution in [0.25, 0.3) is 6.08 Å². The maximum atomic E-state index is 11.6. The van der Waals surface area contributed by atoms with E-state index in [0.29, 0.717) is 6.54 Å². The maximum absolute atomic E-state index is 11.6. The number of rotatable bonds is 5. The molecule has 1 amide bonds. The van der Waals surface area contributed by atoms with Gasteiger partial charge in [-0.15, -0.1) is 0 Å². The van der Waals surface area contributed by atoms with Crippen LogP contribution in [0.3, 0.4) is 0 Å². The molecule has 1 aromatic rings. The molecule has 0 aliphatic rings. The zero-order valence-electron chi connectivity index (χ0n) is 10.8. The second-order valence-electron chi connectivity index (χ2n) is 3.93. The summed E-state index contributed by atoms with van der Waals surface area (Å²) >= 11 is 0. The number of nitrogens with zero attached hydrogens (tertiary/aromatic N) is 2. The van der Waals surface area contributed by atoms with Gasteiger partial charge in [0.15, 0.2) is 5.75 Å². The van der Waals surface area contributed by atoms with Gasteiger partial charge in [-0.2, -0.15) is 5.26 Å². The van der Waals surface area contributed by atoms with Gasteiger partial charge in [0.2, 0.25) is 0 Å². The molecule has 0 spiro atoms. The molecule has 0 saturated carbocycles. The fourth-order valence-electron chi connectivity index (χ4n) is 1.43. The first kappa shape index (κ1) is 15.2. The number of carbonyl (C=O) groups excluding carboxylic acids is 1. The Balaban J connectivity index is 3.08. The number of phenols is 1. The summed E-state index contributed by atoms with van der Waals surface area (Å²) in [6, 6.07) is 5.36. The zero-order chi connectivity index (χ0) is 15.1. The number of nitro benzene ring substituents is 1. The van der Waals surface area contributed by atoms with Crippen molar-refractivity contribution in [3.8, 4) is 11.8 Å². The van der Waals surface area contributed by atoms with Crippen molar-refractivity contribution >= 4 is 17.7 Å². The van der Waals surface area contributed by atoms with Crippen LogP contribution in [-0.2, 0) is 4.79 Å². The fraction of sp³-hybridized carbons (Fsp3) is 0.231. The van der Waals surface area contributed by atoms with E-state index in [1.165, 1.54) is 12.1 Å². The van der Waals surface area contributed by atoms with Crippen LogP contribution in [0.5, 0.6) is 5.75 Å². The van der Waals surface area contributed by atoms with E-state index in [1.807, 2.05) is 6.92 Å². The number of phenolic OH excluding ortho intramolecular Hbond substituents is 1. The lowest BCUT2D eigenvalue weighted by Crippen LogP contribution is -2.25. The summed E-state index contributed by atoms with van der Waals surface area (Å²) in [5.74, 6) is -1.01. The molecule has 0 unspecified atom stereocenters. The lowest BCUT2D eigenvalue weighted by Gasteiger charge is -2.02. The SMILES string of the molecule is CCCNC(=O)/C(C#N)=C\c1ccc(O)c([N+](=O)[O-])c1. The Hall–Kier alpha value is -2.88. The monoisotopic (exact) mass is 275 g/mol. The molecular formula is C13H13N3O4. The first-order valence-electron chi connectivity index (χ1n) is 5.87. The molecule has 0 aliphatic carbocycles. The lowest BCUT2D eigenvalue weighted by molar-refractivity contribution is -0.385. The molecule has 1 aromatic carbocycles. The summed E-state index contributed by atoms with van der Waals surface area (Å²) in [7, 11) is 0. The minimum atomic E-state index is -0.740. The Morgan fingerprint density at radius 3 is 2.85 bits per heavy atom. The van der Waals surface area contributed by atoms with Gasteiger partial charge < -0.3 is 10.4 Å². The molecule has 0 bridgehead atoms. The number of hydrogen-bond acceptors (Lipinski definition) is 5. The van der Waals surface area contributed by atoms with Gasteiger partial charge in [-0.1, -0.05) is 13.0 Å². The van der Waals surface area contributed by atoms with E-state index in [4.69, 9.17) is 5.26 Å². The number of aromatic hydroxyl groups is 1. The van der Waals surface area contributed by atoms with Crippen molar-refractivity contribution < 1.29 is 14.8 Å². The zero-order valence-corrected chi connectivity index (χ0v) is 10.8. The number of nitriles is 1. The van der Waals surface area contributed by atoms with E-state index in [2.05, 4.69) is 5.32 Å². The molecule has 0 radical (unpaired) electrons. The van der Waals surface area contributed by atoms with Crippen molar-refractivity contribution in [2.45, 2.75) is 13.3 Å². The van der Waals surface area contributed by atoms with Gasteiger partial charge in [0.25, 0.3) is 5.91 Å². The number of nitrogens with one attached hydrogen (secondary N) is 1. The predicted molar refractivity (Wildman–Crippen MR) is 71.7 cm³/mol. The molecular weight excluding hydrogens is 262 g/mol. The molecule has 104 valence electrons. The largest absolute Gasteiger partial charge is 0.502 e. The van der Waals surface area contributed by atoms with Crippen molar-refractivity contribution in [2.24, 2.45) is 0 Å². The van der Waals surface area contributed by atoms with E-state index in [9.17, 15) is 20.0 Å². The summed E-state index contributed by atoms with van der Waals surface area (Å²) in [4.78, 5) is 21.6. The van der Waals surface area contributed by atoms with Crippen LogP contribution in [0.2, 0.25) is 0 Å². The summed E-state index contributed by atoms with van der Waals surface area (Å²) in [5.41, 5.74) is -0.346. The van der Waals surface area contributed by atoms with E-state index < -0.39 is 22.3 Å². The van der Waals surface area contributed by atoms with Gasteiger partial charge >= 0.3 is 5.69 Å². The minimum Gasteiger partial charge on any atom is -0.502 e. The molecule has 20 heavy (non-hydrogen) atoms. The van der Waals surface area contributed by atoms with Crippen LogP contribution in [0.15, 0.2) is 23.8 Å².